The minimum Gasteiger partial charge on any atom is -0.325 e. The van der Waals surface area contributed by atoms with E-state index in [1.807, 2.05) is 0 Å². The summed E-state index contributed by atoms with van der Waals surface area (Å²) in [5.74, 6) is -1.04. The number of halogens is 3. The SMILES string of the molecule is O=C(CC(F)(F)F)Nc1ccsc1. The van der Waals surface area contributed by atoms with Crippen molar-refractivity contribution >= 4 is 22.9 Å². The van der Waals surface area contributed by atoms with Gasteiger partial charge in [-0.15, -0.1) is 0 Å². The molecule has 0 aliphatic rings. The molecule has 0 bridgehead atoms. The molecule has 0 saturated carbocycles. The second-order valence-electron chi connectivity index (χ2n) is 2.35. The molecule has 13 heavy (non-hydrogen) atoms. The Morgan fingerprint density at radius 2 is 2.23 bits per heavy atom. The second-order valence-corrected chi connectivity index (χ2v) is 3.13. The zero-order valence-electron chi connectivity index (χ0n) is 6.39. The van der Waals surface area contributed by atoms with Crippen LogP contribution in [0.15, 0.2) is 16.8 Å². The molecule has 2 nitrogen and oxygen atoms in total. The van der Waals surface area contributed by atoms with Crippen LogP contribution in [0, 0.1) is 0 Å². The molecule has 0 saturated heterocycles. The smallest absolute Gasteiger partial charge is 0.325 e. The Kier molecular flexibility index (Phi) is 2.92. The topological polar surface area (TPSA) is 29.1 Å². The lowest BCUT2D eigenvalue weighted by atomic mass is 10.4. The van der Waals surface area contributed by atoms with Gasteiger partial charge in [0.05, 0.1) is 5.69 Å². The fourth-order valence-corrected chi connectivity index (χ4v) is 1.31. The van der Waals surface area contributed by atoms with E-state index in [0.29, 0.717) is 5.69 Å². The number of thiophene rings is 1. The zero-order valence-corrected chi connectivity index (χ0v) is 7.21. The monoisotopic (exact) mass is 209 g/mol. The maximum absolute atomic E-state index is 11.7. The first-order chi connectivity index (χ1) is 5.97. The van der Waals surface area contributed by atoms with Gasteiger partial charge in [0, 0.05) is 5.38 Å². The average molecular weight is 209 g/mol. The van der Waals surface area contributed by atoms with E-state index in [9.17, 15) is 18.0 Å². The number of amides is 1. The van der Waals surface area contributed by atoms with E-state index in [2.05, 4.69) is 5.32 Å². The minimum atomic E-state index is -4.44. The summed E-state index contributed by atoms with van der Waals surface area (Å²) in [5, 5.41) is 5.36. The molecule has 0 spiro atoms. The Balaban J connectivity index is 2.43. The van der Waals surface area contributed by atoms with Crippen molar-refractivity contribution in [3.05, 3.63) is 16.8 Å². The number of hydrogen-bond acceptors (Lipinski definition) is 2. The maximum Gasteiger partial charge on any atom is 0.397 e. The highest BCUT2D eigenvalue weighted by molar-refractivity contribution is 7.08. The second kappa shape index (κ2) is 3.78. The van der Waals surface area contributed by atoms with Gasteiger partial charge in [-0.25, -0.2) is 0 Å². The van der Waals surface area contributed by atoms with Crippen molar-refractivity contribution in [2.24, 2.45) is 0 Å². The van der Waals surface area contributed by atoms with E-state index >= 15 is 0 Å². The van der Waals surface area contributed by atoms with Gasteiger partial charge in [0.1, 0.15) is 6.42 Å². The fraction of sp³-hybridized carbons (Fsp3) is 0.286. The number of rotatable bonds is 2. The summed E-state index contributed by atoms with van der Waals surface area (Å²) in [6.45, 7) is 0. The minimum absolute atomic E-state index is 0.402. The number of hydrogen-bond donors (Lipinski definition) is 1. The molecule has 0 fully saturated rings. The first-order valence-corrected chi connectivity index (χ1v) is 4.30. The summed E-state index contributed by atoms with van der Waals surface area (Å²) < 4.78 is 35.0. The third-order valence-electron chi connectivity index (χ3n) is 1.17. The maximum atomic E-state index is 11.7. The number of carbonyl (C=O) groups excluding carboxylic acids is 1. The highest BCUT2D eigenvalue weighted by atomic mass is 32.1. The molecule has 0 aromatic carbocycles. The van der Waals surface area contributed by atoms with Crippen LogP contribution in [0.5, 0.6) is 0 Å². The van der Waals surface area contributed by atoms with E-state index in [1.165, 1.54) is 11.3 Å². The van der Waals surface area contributed by atoms with E-state index in [0.717, 1.165) is 0 Å². The lowest BCUT2D eigenvalue weighted by molar-refractivity contribution is -0.150. The van der Waals surface area contributed by atoms with Crippen molar-refractivity contribution in [2.75, 3.05) is 5.32 Å². The molecule has 72 valence electrons. The summed E-state index contributed by atoms with van der Waals surface area (Å²) in [6.07, 6.45) is -5.89. The molecule has 0 aliphatic carbocycles. The quantitative estimate of drug-likeness (QED) is 0.797. The van der Waals surface area contributed by atoms with Crippen LogP contribution < -0.4 is 5.32 Å². The van der Waals surface area contributed by atoms with Crippen LogP contribution in [0.3, 0.4) is 0 Å². The van der Waals surface area contributed by atoms with E-state index in [4.69, 9.17) is 0 Å². The van der Waals surface area contributed by atoms with Gasteiger partial charge < -0.3 is 5.32 Å². The standard InChI is InChI=1S/C7H6F3NOS/c8-7(9,10)3-6(12)11-5-1-2-13-4-5/h1-2,4H,3H2,(H,11,12). The van der Waals surface area contributed by atoms with Gasteiger partial charge in [0.25, 0.3) is 0 Å². The summed E-state index contributed by atoms with van der Waals surface area (Å²) in [6, 6.07) is 1.54. The highest BCUT2D eigenvalue weighted by Crippen LogP contribution is 2.20. The van der Waals surface area contributed by atoms with Crippen molar-refractivity contribution in [1.29, 1.82) is 0 Å². The molecule has 1 heterocycles. The summed E-state index contributed by atoms with van der Waals surface area (Å²) in [7, 11) is 0. The van der Waals surface area contributed by atoms with Gasteiger partial charge in [0.15, 0.2) is 0 Å². The summed E-state index contributed by atoms with van der Waals surface area (Å²) in [5.41, 5.74) is 0.402. The van der Waals surface area contributed by atoms with Crippen LogP contribution in [-0.2, 0) is 4.79 Å². The lowest BCUT2D eigenvalue weighted by Gasteiger charge is -2.05. The molecule has 1 aromatic rings. The molecule has 0 radical (unpaired) electrons. The predicted octanol–water partition coefficient (Wildman–Crippen LogP) is 2.64. The largest absolute Gasteiger partial charge is 0.397 e. The van der Waals surface area contributed by atoms with Crippen molar-refractivity contribution in [3.63, 3.8) is 0 Å². The van der Waals surface area contributed by atoms with Crippen molar-refractivity contribution in [3.8, 4) is 0 Å². The van der Waals surface area contributed by atoms with Crippen LogP contribution in [0.1, 0.15) is 6.42 Å². The normalized spacial score (nSPS) is 11.3. The average Bonchev–Trinajstić information content (AvgIpc) is 2.34. The zero-order chi connectivity index (χ0) is 9.90. The number of nitrogens with one attached hydrogen (secondary N) is 1. The van der Waals surface area contributed by atoms with Crippen LogP contribution in [0.25, 0.3) is 0 Å². The van der Waals surface area contributed by atoms with E-state index in [1.54, 1.807) is 16.8 Å². The van der Waals surface area contributed by atoms with E-state index in [-0.39, 0.29) is 0 Å². The van der Waals surface area contributed by atoms with Crippen LogP contribution >= 0.6 is 11.3 Å². The molecular weight excluding hydrogens is 203 g/mol. The van der Waals surface area contributed by atoms with Crippen LogP contribution in [0.2, 0.25) is 0 Å². The third kappa shape index (κ3) is 3.93. The Labute approximate surface area is 76.4 Å². The molecule has 0 aliphatic heterocycles. The fourth-order valence-electron chi connectivity index (χ4n) is 0.723. The molecule has 1 rings (SSSR count). The van der Waals surface area contributed by atoms with Gasteiger partial charge in [-0.2, -0.15) is 24.5 Å². The molecule has 1 amide bonds. The van der Waals surface area contributed by atoms with E-state index < -0.39 is 18.5 Å². The van der Waals surface area contributed by atoms with Crippen LogP contribution in [0.4, 0.5) is 18.9 Å². The van der Waals surface area contributed by atoms with Crippen LogP contribution in [-0.4, -0.2) is 12.1 Å². The number of alkyl halides is 3. The molecule has 6 heteroatoms. The number of carbonyl (C=O) groups is 1. The molecular formula is C7H6F3NOS. The summed E-state index contributed by atoms with van der Waals surface area (Å²) in [4.78, 5) is 10.7. The van der Waals surface area contributed by atoms with Gasteiger partial charge in [-0.05, 0) is 11.4 Å². The van der Waals surface area contributed by atoms with Gasteiger partial charge in [-0.3, -0.25) is 4.79 Å². The lowest BCUT2D eigenvalue weighted by Crippen LogP contribution is -2.20. The van der Waals surface area contributed by atoms with Crippen molar-refractivity contribution in [1.82, 2.24) is 0 Å². The Morgan fingerprint density at radius 3 is 2.69 bits per heavy atom. The molecule has 0 atom stereocenters. The molecule has 1 aromatic heterocycles. The first kappa shape index (κ1) is 10.0. The van der Waals surface area contributed by atoms with Crippen molar-refractivity contribution in [2.45, 2.75) is 12.6 Å². The Morgan fingerprint density at radius 1 is 1.54 bits per heavy atom. The third-order valence-corrected chi connectivity index (χ3v) is 1.85. The number of anilines is 1. The predicted molar refractivity (Wildman–Crippen MR) is 43.6 cm³/mol. The molecule has 1 N–H and O–H groups in total. The Bertz CT molecular complexity index is 280. The Hall–Kier alpha value is -1.04. The summed E-state index contributed by atoms with van der Waals surface area (Å²) >= 11 is 1.30. The first-order valence-electron chi connectivity index (χ1n) is 3.36. The van der Waals surface area contributed by atoms with Gasteiger partial charge >= 0.3 is 6.18 Å². The van der Waals surface area contributed by atoms with Crippen molar-refractivity contribution < 1.29 is 18.0 Å². The highest BCUT2D eigenvalue weighted by Gasteiger charge is 2.31. The van der Waals surface area contributed by atoms with Gasteiger partial charge in [-0.1, -0.05) is 0 Å². The van der Waals surface area contributed by atoms with Gasteiger partial charge in [0.2, 0.25) is 5.91 Å². The molecule has 0 unspecified atom stereocenters.